The summed E-state index contributed by atoms with van der Waals surface area (Å²) in [5.41, 5.74) is 2.38. The summed E-state index contributed by atoms with van der Waals surface area (Å²) in [5.74, 6) is 1.20. The molecule has 0 aromatic heterocycles. The highest BCUT2D eigenvalue weighted by atomic mass is 32.2. The average Bonchev–Trinajstić information content (AvgIpc) is 2.88. The van der Waals surface area contributed by atoms with E-state index >= 15 is 0 Å². The summed E-state index contributed by atoms with van der Waals surface area (Å²) < 4.78 is 0. The first-order valence-electron chi connectivity index (χ1n) is 9.06. The number of nitrogens with zero attached hydrogens (tertiary/aromatic N) is 2. The Hall–Kier alpha value is -1.49. The van der Waals surface area contributed by atoms with Crippen LogP contribution in [0.5, 0.6) is 0 Å². The topological polar surface area (TPSA) is 40.6 Å². The third-order valence-corrected chi connectivity index (χ3v) is 5.69. The van der Waals surface area contributed by atoms with Gasteiger partial charge in [0.1, 0.15) is 5.37 Å². The maximum absolute atomic E-state index is 12.5. The molecule has 1 aromatic carbocycles. The van der Waals surface area contributed by atoms with Crippen LogP contribution >= 0.6 is 11.8 Å². The molecule has 138 valence electrons. The van der Waals surface area contributed by atoms with Gasteiger partial charge in [0.25, 0.3) is 0 Å². The molecule has 2 amide bonds. The van der Waals surface area contributed by atoms with E-state index in [9.17, 15) is 9.59 Å². The highest BCUT2D eigenvalue weighted by molar-refractivity contribution is 8.00. The summed E-state index contributed by atoms with van der Waals surface area (Å²) in [7, 11) is 0. The molecular formula is C20H30N2O2S. The molecule has 25 heavy (non-hydrogen) atoms. The predicted octanol–water partition coefficient (Wildman–Crippen LogP) is 3.85. The second-order valence-corrected chi connectivity index (χ2v) is 8.51. The van der Waals surface area contributed by atoms with E-state index in [0.717, 1.165) is 5.56 Å². The molecule has 1 heterocycles. The molecule has 0 N–H and O–H groups in total. The second kappa shape index (κ2) is 8.75. The standard InChI is InChI=1S/C20H30N2O2S/c1-14(2)12-18(23)21(15(3)4)10-11-22-19(24)13-25-20(22)17-8-6-16(5)7-9-17/h6-9,14-15,20H,10-13H2,1-5H3. The number of benzene rings is 1. The van der Waals surface area contributed by atoms with Gasteiger partial charge in [-0.25, -0.2) is 0 Å². The van der Waals surface area contributed by atoms with E-state index in [4.69, 9.17) is 0 Å². The van der Waals surface area contributed by atoms with Crippen molar-refractivity contribution in [2.45, 2.75) is 52.5 Å². The van der Waals surface area contributed by atoms with Gasteiger partial charge in [0, 0.05) is 25.6 Å². The van der Waals surface area contributed by atoms with E-state index < -0.39 is 0 Å². The Kier molecular flexibility index (Phi) is 6.94. The molecule has 1 aliphatic heterocycles. The van der Waals surface area contributed by atoms with Crippen molar-refractivity contribution >= 4 is 23.6 Å². The maximum atomic E-state index is 12.5. The highest BCUT2D eigenvalue weighted by Gasteiger charge is 2.33. The Morgan fingerprint density at radius 1 is 1.24 bits per heavy atom. The van der Waals surface area contributed by atoms with Crippen molar-refractivity contribution in [1.82, 2.24) is 9.80 Å². The minimum absolute atomic E-state index is 0.0577. The molecule has 1 aromatic rings. The fourth-order valence-corrected chi connectivity index (χ4v) is 4.27. The van der Waals surface area contributed by atoms with Gasteiger partial charge in [0.15, 0.2) is 0 Å². The zero-order valence-corrected chi connectivity index (χ0v) is 16.8. The van der Waals surface area contributed by atoms with Gasteiger partial charge >= 0.3 is 0 Å². The van der Waals surface area contributed by atoms with Crippen LogP contribution in [0.3, 0.4) is 0 Å². The molecule has 0 bridgehead atoms. The molecule has 0 spiro atoms. The molecule has 0 aliphatic carbocycles. The van der Waals surface area contributed by atoms with Gasteiger partial charge in [-0.2, -0.15) is 0 Å². The Balaban J connectivity index is 2.06. The largest absolute Gasteiger partial charge is 0.338 e. The van der Waals surface area contributed by atoms with Crippen LogP contribution < -0.4 is 0 Å². The van der Waals surface area contributed by atoms with Crippen LogP contribution in [-0.2, 0) is 9.59 Å². The minimum Gasteiger partial charge on any atom is -0.338 e. The van der Waals surface area contributed by atoms with E-state index in [-0.39, 0.29) is 23.2 Å². The molecule has 0 saturated carbocycles. The van der Waals surface area contributed by atoms with Gasteiger partial charge in [0.2, 0.25) is 11.8 Å². The zero-order valence-electron chi connectivity index (χ0n) is 16.0. The molecule has 5 heteroatoms. The van der Waals surface area contributed by atoms with E-state index in [1.165, 1.54) is 5.56 Å². The number of hydrogen-bond acceptors (Lipinski definition) is 3. The van der Waals surface area contributed by atoms with Crippen molar-refractivity contribution in [3.8, 4) is 0 Å². The molecule has 1 atom stereocenters. The molecule has 4 nitrogen and oxygen atoms in total. The van der Waals surface area contributed by atoms with Crippen LogP contribution in [0.2, 0.25) is 0 Å². The van der Waals surface area contributed by atoms with Crippen molar-refractivity contribution in [3.63, 3.8) is 0 Å². The van der Waals surface area contributed by atoms with Crippen molar-refractivity contribution in [1.29, 1.82) is 0 Å². The number of aryl methyl sites for hydroxylation is 1. The molecule has 2 rings (SSSR count). The van der Waals surface area contributed by atoms with Crippen LogP contribution in [-0.4, -0.2) is 46.5 Å². The van der Waals surface area contributed by atoms with Gasteiger partial charge in [-0.3, -0.25) is 9.59 Å². The number of hydrogen-bond donors (Lipinski definition) is 0. The van der Waals surface area contributed by atoms with Crippen LogP contribution in [0, 0.1) is 12.8 Å². The fraction of sp³-hybridized carbons (Fsp3) is 0.600. The fourth-order valence-electron chi connectivity index (χ4n) is 3.06. The van der Waals surface area contributed by atoms with Crippen molar-refractivity contribution < 1.29 is 9.59 Å². The lowest BCUT2D eigenvalue weighted by molar-refractivity contribution is -0.136. The van der Waals surface area contributed by atoms with Crippen LogP contribution in [0.15, 0.2) is 24.3 Å². The first-order chi connectivity index (χ1) is 11.8. The van der Waals surface area contributed by atoms with Crippen LogP contribution in [0.25, 0.3) is 0 Å². The molecular weight excluding hydrogens is 332 g/mol. The second-order valence-electron chi connectivity index (χ2n) is 7.44. The molecule has 1 saturated heterocycles. The lowest BCUT2D eigenvalue weighted by Gasteiger charge is -2.31. The first kappa shape index (κ1) is 19.8. The Morgan fingerprint density at radius 2 is 1.88 bits per heavy atom. The van der Waals surface area contributed by atoms with Gasteiger partial charge in [-0.1, -0.05) is 43.7 Å². The van der Waals surface area contributed by atoms with Crippen molar-refractivity contribution in [3.05, 3.63) is 35.4 Å². The molecule has 1 aliphatic rings. The van der Waals surface area contributed by atoms with Crippen molar-refractivity contribution in [2.24, 2.45) is 5.92 Å². The SMILES string of the molecule is Cc1ccc(C2SCC(=O)N2CCN(C(=O)CC(C)C)C(C)C)cc1. The number of carbonyl (C=O) groups excluding carboxylic acids is 2. The summed E-state index contributed by atoms with van der Waals surface area (Å²) in [5, 5.41) is 0.0577. The lowest BCUT2D eigenvalue weighted by atomic mass is 10.1. The third-order valence-electron chi connectivity index (χ3n) is 4.44. The molecule has 0 radical (unpaired) electrons. The average molecular weight is 363 g/mol. The van der Waals surface area contributed by atoms with Crippen molar-refractivity contribution in [2.75, 3.05) is 18.8 Å². The van der Waals surface area contributed by atoms with E-state index in [0.29, 0.717) is 31.2 Å². The van der Waals surface area contributed by atoms with Gasteiger partial charge < -0.3 is 9.80 Å². The summed E-state index contributed by atoms with van der Waals surface area (Å²) in [6.07, 6.45) is 0.558. The summed E-state index contributed by atoms with van der Waals surface area (Å²) >= 11 is 1.67. The number of thioether (sulfide) groups is 1. The highest BCUT2D eigenvalue weighted by Crippen LogP contribution is 2.38. The number of amides is 2. The summed E-state index contributed by atoms with van der Waals surface area (Å²) in [4.78, 5) is 28.7. The van der Waals surface area contributed by atoms with Gasteiger partial charge in [-0.05, 0) is 32.3 Å². The summed E-state index contributed by atoms with van der Waals surface area (Å²) in [6.45, 7) is 11.4. The predicted molar refractivity (Wildman–Crippen MR) is 104 cm³/mol. The maximum Gasteiger partial charge on any atom is 0.233 e. The normalized spacial score (nSPS) is 17.6. The monoisotopic (exact) mass is 362 g/mol. The number of carbonyl (C=O) groups is 2. The van der Waals surface area contributed by atoms with Gasteiger partial charge in [0.05, 0.1) is 5.75 Å². The quantitative estimate of drug-likeness (QED) is 0.740. The Morgan fingerprint density at radius 3 is 2.44 bits per heavy atom. The number of rotatable bonds is 7. The minimum atomic E-state index is 0.0577. The Labute approximate surface area is 156 Å². The smallest absolute Gasteiger partial charge is 0.233 e. The molecule has 1 fully saturated rings. The van der Waals surface area contributed by atoms with E-state index in [2.05, 4.69) is 45.0 Å². The van der Waals surface area contributed by atoms with Gasteiger partial charge in [-0.15, -0.1) is 11.8 Å². The van der Waals surface area contributed by atoms with Crippen LogP contribution in [0.4, 0.5) is 0 Å². The van der Waals surface area contributed by atoms with Crippen LogP contribution in [0.1, 0.15) is 50.6 Å². The lowest BCUT2D eigenvalue weighted by Crippen LogP contribution is -2.43. The zero-order chi connectivity index (χ0) is 18.6. The van der Waals surface area contributed by atoms with E-state index in [1.54, 1.807) is 11.8 Å². The Bertz CT molecular complexity index is 598. The van der Waals surface area contributed by atoms with E-state index in [1.807, 2.05) is 23.6 Å². The third kappa shape index (κ3) is 5.24. The summed E-state index contributed by atoms with van der Waals surface area (Å²) in [6, 6.07) is 8.52. The first-order valence-corrected chi connectivity index (χ1v) is 10.1. The molecule has 1 unspecified atom stereocenters.